The number of carbonyl (C=O) groups excluding carboxylic acids is 1. The van der Waals surface area contributed by atoms with Crippen LogP contribution in [-0.2, 0) is 4.74 Å². The number of piperidine rings is 2. The molecule has 0 bridgehead atoms. The Morgan fingerprint density at radius 1 is 1.29 bits per heavy atom. The Balaban J connectivity index is 0.00000240. The van der Waals surface area contributed by atoms with Gasteiger partial charge in [-0.25, -0.2) is 4.79 Å². The van der Waals surface area contributed by atoms with Gasteiger partial charge >= 0.3 is 5.63 Å². The van der Waals surface area contributed by atoms with Crippen molar-refractivity contribution >= 4 is 30.7 Å². The van der Waals surface area contributed by atoms with Crippen LogP contribution < -0.4 is 10.9 Å². The molecule has 2 saturated heterocycles. The lowest BCUT2D eigenvalue weighted by Crippen LogP contribution is -2.41. The first-order valence-electron chi connectivity index (χ1n) is 10.8. The van der Waals surface area contributed by atoms with Crippen LogP contribution in [0.15, 0.2) is 15.3 Å². The van der Waals surface area contributed by atoms with Crippen LogP contribution in [0.25, 0.3) is 0 Å². The van der Waals surface area contributed by atoms with Crippen molar-refractivity contribution in [2.45, 2.75) is 38.5 Å². The van der Waals surface area contributed by atoms with Crippen molar-refractivity contribution in [2.24, 2.45) is 5.92 Å². The molecule has 0 aliphatic carbocycles. The van der Waals surface area contributed by atoms with Crippen molar-refractivity contribution in [1.82, 2.24) is 15.1 Å². The van der Waals surface area contributed by atoms with Gasteiger partial charge in [0.25, 0.3) is 5.91 Å². The zero-order valence-electron chi connectivity index (χ0n) is 18.9. The predicted octanol–water partition coefficient (Wildman–Crippen LogP) is 2.69. The summed E-state index contributed by atoms with van der Waals surface area (Å²) in [5, 5.41) is 3.34. The number of carbonyl (C=O) groups is 1. The Hall–Kier alpha value is -1.12. The normalized spacial score (nSPS) is 19.9. The maximum absolute atomic E-state index is 13.0. The summed E-state index contributed by atoms with van der Waals surface area (Å²) in [7, 11) is 3.52. The second kappa shape index (κ2) is 13.4. The molecule has 0 spiro atoms. The van der Waals surface area contributed by atoms with Crippen LogP contribution >= 0.6 is 24.8 Å². The summed E-state index contributed by atoms with van der Waals surface area (Å²) in [4.78, 5) is 29.7. The fraction of sp³-hybridized carbons (Fsp3) is 0.727. The second-order valence-electron chi connectivity index (χ2n) is 8.50. The van der Waals surface area contributed by atoms with Crippen molar-refractivity contribution in [3.63, 3.8) is 0 Å². The van der Waals surface area contributed by atoms with E-state index in [1.165, 1.54) is 0 Å². The smallest absolute Gasteiger partial charge is 0.349 e. The van der Waals surface area contributed by atoms with Gasteiger partial charge in [0.15, 0.2) is 0 Å². The molecule has 1 N–H and O–H groups in total. The van der Waals surface area contributed by atoms with Gasteiger partial charge in [-0.1, -0.05) is 0 Å². The highest BCUT2D eigenvalue weighted by Gasteiger charge is 2.26. The maximum Gasteiger partial charge on any atom is 0.349 e. The topological polar surface area (TPSA) is 75.0 Å². The van der Waals surface area contributed by atoms with Crippen LogP contribution in [0.4, 0.5) is 0 Å². The molecule has 2 fully saturated rings. The van der Waals surface area contributed by atoms with Crippen LogP contribution in [0.5, 0.6) is 0 Å². The molecule has 2 aliphatic rings. The molecule has 2 aliphatic heterocycles. The van der Waals surface area contributed by atoms with Crippen molar-refractivity contribution < 1.29 is 13.9 Å². The Morgan fingerprint density at radius 3 is 2.58 bits per heavy atom. The number of amides is 1. The number of nitrogens with one attached hydrogen (secondary N) is 1. The average molecular weight is 478 g/mol. The van der Waals surface area contributed by atoms with Gasteiger partial charge in [-0.3, -0.25) is 4.79 Å². The van der Waals surface area contributed by atoms with Crippen LogP contribution in [0.3, 0.4) is 0 Å². The van der Waals surface area contributed by atoms with E-state index in [9.17, 15) is 9.59 Å². The lowest BCUT2D eigenvalue weighted by Gasteiger charge is -2.33. The van der Waals surface area contributed by atoms with E-state index in [0.29, 0.717) is 23.8 Å². The fourth-order valence-electron chi connectivity index (χ4n) is 4.46. The lowest BCUT2D eigenvalue weighted by molar-refractivity contribution is 0.0718. The molecular weight excluding hydrogens is 441 g/mol. The van der Waals surface area contributed by atoms with Crippen molar-refractivity contribution in [1.29, 1.82) is 0 Å². The first-order chi connectivity index (χ1) is 14.0. The molecule has 1 unspecified atom stereocenters. The predicted molar refractivity (Wildman–Crippen MR) is 127 cm³/mol. The van der Waals surface area contributed by atoms with Crippen molar-refractivity contribution in [3.05, 3.63) is 33.4 Å². The summed E-state index contributed by atoms with van der Waals surface area (Å²) in [6, 6.07) is 1.88. The first-order valence-corrected chi connectivity index (χ1v) is 10.8. The second-order valence-corrected chi connectivity index (χ2v) is 8.50. The molecule has 1 aromatic rings. The van der Waals surface area contributed by atoms with Gasteiger partial charge in [-0.15, -0.1) is 24.8 Å². The van der Waals surface area contributed by atoms with Gasteiger partial charge < -0.3 is 24.3 Å². The van der Waals surface area contributed by atoms with E-state index in [4.69, 9.17) is 9.15 Å². The monoisotopic (exact) mass is 477 g/mol. The summed E-state index contributed by atoms with van der Waals surface area (Å²) in [6.45, 7) is 8.11. The Kier molecular flexibility index (Phi) is 12.1. The van der Waals surface area contributed by atoms with Gasteiger partial charge in [0.05, 0.1) is 6.61 Å². The molecule has 0 aromatic carbocycles. The van der Waals surface area contributed by atoms with Gasteiger partial charge in [0, 0.05) is 39.7 Å². The fourth-order valence-corrected chi connectivity index (χ4v) is 4.46. The highest BCUT2D eigenvalue weighted by molar-refractivity contribution is 5.95. The molecule has 1 amide bonds. The standard InChI is InChI=1S/C22H35N3O4.2ClH/c1-16-13-19(18-5-4-8-23-14-18)29-22(27)20(16)21(26)24(2)15-17-6-9-25(10-7-17)11-12-28-3;;/h13,17-18,23H,4-12,14-15H2,1-3H3;2*1H. The number of methoxy groups -OCH3 is 1. The van der Waals surface area contributed by atoms with E-state index in [0.717, 1.165) is 65.0 Å². The summed E-state index contributed by atoms with van der Waals surface area (Å²) in [5.41, 5.74) is 0.391. The highest BCUT2D eigenvalue weighted by Crippen LogP contribution is 2.24. The number of aryl methyl sites for hydroxylation is 1. The van der Waals surface area contributed by atoms with Crippen molar-refractivity contribution in [3.8, 4) is 0 Å². The number of halogens is 2. The SMILES string of the molecule is COCCN1CCC(CN(C)C(=O)c2c(C)cc(C3CCCNC3)oc2=O)CC1.Cl.Cl. The Bertz CT molecular complexity index is 745. The third-order valence-electron chi connectivity index (χ3n) is 6.28. The number of hydrogen-bond acceptors (Lipinski definition) is 6. The van der Waals surface area contributed by atoms with Crippen LogP contribution in [0, 0.1) is 12.8 Å². The van der Waals surface area contributed by atoms with E-state index in [-0.39, 0.29) is 42.2 Å². The zero-order valence-corrected chi connectivity index (χ0v) is 20.5. The van der Waals surface area contributed by atoms with Crippen LogP contribution in [-0.4, -0.2) is 75.7 Å². The average Bonchev–Trinajstić information content (AvgIpc) is 2.73. The van der Waals surface area contributed by atoms with Gasteiger partial charge in [-0.05, 0) is 69.8 Å². The highest BCUT2D eigenvalue weighted by atomic mass is 35.5. The largest absolute Gasteiger partial charge is 0.427 e. The maximum atomic E-state index is 13.0. The van der Waals surface area contributed by atoms with Crippen LogP contribution in [0.2, 0.25) is 0 Å². The summed E-state index contributed by atoms with van der Waals surface area (Å²) in [6.07, 6.45) is 4.19. The zero-order chi connectivity index (χ0) is 20.8. The minimum atomic E-state index is -0.503. The summed E-state index contributed by atoms with van der Waals surface area (Å²) >= 11 is 0. The number of nitrogens with zero attached hydrogens (tertiary/aromatic N) is 2. The quantitative estimate of drug-likeness (QED) is 0.650. The lowest BCUT2D eigenvalue weighted by atomic mass is 9.94. The van der Waals surface area contributed by atoms with Crippen molar-refractivity contribution in [2.75, 3.05) is 60.0 Å². The van der Waals surface area contributed by atoms with Crippen LogP contribution in [0.1, 0.15) is 53.3 Å². The van der Waals surface area contributed by atoms with E-state index >= 15 is 0 Å². The van der Waals surface area contributed by atoms with E-state index in [1.54, 1.807) is 19.1 Å². The molecule has 3 heterocycles. The minimum absolute atomic E-state index is 0. The molecule has 7 nitrogen and oxygen atoms in total. The molecule has 9 heteroatoms. The van der Waals surface area contributed by atoms with Gasteiger partial charge in [-0.2, -0.15) is 0 Å². The van der Waals surface area contributed by atoms with E-state index in [1.807, 2.05) is 13.0 Å². The third kappa shape index (κ3) is 7.46. The van der Waals surface area contributed by atoms with E-state index in [2.05, 4.69) is 10.2 Å². The molecule has 1 aromatic heterocycles. The molecule has 31 heavy (non-hydrogen) atoms. The molecular formula is C22H37Cl2N3O4. The molecule has 0 saturated carbocycles. The minimum Gasteiger partial charge on any atom is -0.427 e. The number of hydrogen-bond donors (Lipinski definition) is 1. The van der Waals surface area contributed by atoms with Gasteiger partial charge in [0.2, 0.25) is 0 Å². The molecule has 1 atom stereocenters. The summed E-state index contributed by atoms with van der Waals surface area (Å²) < 4.78 is 10.7. The molecule has 178 valence electrons. The molecule has 3 rings (SSSR count). The third-order valence-corrected chi connectivity index (χ3v) is 6.28. The number of rotatable bonds is 7. The number of likely N-dealkylation sites (tertiary alicyclic amines) is 1. The molecule has 0 radical (unpaired) electrons. The van der Waals surface area contributed by atoms with E-state index < -0.39 is 5.63 Å². The Labute approximate surface area is 197 Å². The Morgan fingerprint density at radius 2 is 2.00 bits per heavy atom. The first kappa shape index (κ1) is 27.9. The van der Waals surface area contributed by atoms with Gasteiger partial charge in [0.1, 0.15) is 11.3 Å². The summed E-state index contributed by atoms with van der Waals surface area (Å²) in [5.74, 6) is 1.14. The number of ether oxygens (including phenoxy) is 1.